The molecule has 0 unspecified atom stereocenters. The first-order chi connectivity index (χ1) is 14.7. The van der Waals surface area contributed by atoms with Gasteiger partial charge >= 0.3 is 0 Å². The number of benzene rings is 2. The second-order valence-corrected chi connectivity index (χ2v) is 8.48. The molecule has 2 aliphatic rings. The Morgan fingerprint density at radius 1 is 1.13 bits per heavy atom. The molecule has 2 heterocycles. The summed E-state index contributed by atoms with van der Waals surface area (Å²) < 4.78 is 0. The minimum Gasteiger partial charge on any atom is -0.351 e. The van der Waals surface area contributed by atoms with Gasteiger partial charge in [-0.25, -0.2) is 0 Å². The van der Waals surface area contributed by atoms with Gasteiger partial charge in [0.15, 0.2) is 0 Å². The Morgan fingerprint density at radius 3 is 2.67 bits per heavy atom. The number of hydrogen-bond acceptors (Lipinski definition) is 4. The molecule has 0 aromatic heterocycles. The van der Waals surface area contributed by atoms with E-state index in [0.29, 0.717) is 12.1 Å². The zero-order chi connectivity index (χ0) is 21.3. The van der Waals surface area contributed by atoms with Crippen LogP contribution in [0.1, 0.15) is 48.5 Å². The molecule has 1 N–H and O–H groups in total. The summed E-state index contributed by atoms with van der Waals surface area (Å²) in [6.45, 7) is 12.1. The third kappa shape index (κ3) is 5.41. The standard InChI is InChI=1S/C23H27N3OS.C2H4/c1-2-7-19-18-8-3-4-9-21(18)28-22-11-10-17(16-20(22)25-19)23(27)24-12-15-26-13-5-6-14-26;1-2/h3-4,8-11,16H,2,5-7,12-15H2,1H3,(H,24,27);1-2H2. The van der Waals surface area contributed by atoms with Crippen molar-refractivity contribution in [3.05, 3.63) is 66.7 Å². The van der Waals surface area contributed by atoms with Crippen LogP contribution in [0.5, 0.6) is 0 Å². The Bertz CT molecular complexity index is 903. The molecule has 0 spiro atoms. The van der Waals surface area contributed by atoms with Gasteiger partial charge in [-0.2, -0.15) is 0 Å². The van der Waals surface area contributed by atoms with Gasteiger partial charge in [-0.1, -0.05) is 43.3 Å². The molecule has 30 heavy (non-hydrogen) atoms. The van der Waals surface area contributed by atoms with Crippen molar-refractivity contribution < 1.29 is 4.79 Å². The highest BCUT2D eigenvalue weighted by Gasteiger charge is 2.18. The van der Waals surface area contributed by atoms with Crippen LogP contribution in [-0.4, -0.2) is 42.7 Å². The van der Waals surface area contributed by atoms with Crippen molar-refractivity contribution in [1.82, 2.24) is 10.2 Å². The van der Waals surface area contributed by atoms with Crippen LogP contribution in [0.4, 0.5) is 5.69 Å². The molecule has 0 atom stereocenters. The van der Waals surface area contributed by atoms with Gasteiger partial charge in [-0.05, 0) is 56.6 Å². The first kappa shape index (κ1) is 22.3. The summed E-state index contributed by atoms with van der Waals surface area (Å²) in [5, 5.41) is 3.07. The largest absolute Gasteiger partial charge is 0.351 e. The highest BCUT2D eigenvalue weighted by molar-refractivity contribution is 7.99. The number of carbonyl (C=O) groups excluding carboxylic acids is 1. The van der Waals surface area contributed by atoms with Gasteiger partial charge in [-0.15, -0.1) is 13.2 Å². The Hall–Kier alpha value is -2.37. The molecule has 2 aromatic carbocycles. The molecular formula is C25H31N3OS. The zero-order valence-corrected chi connectivity index (χ0v) is 18.6. The van der Waals surface area contributed by atoms with Crippen molar-refractivity contribution in [3.8, 4) is 0 Å². The van der Waals surface area contributed by atoms with Crippen LogP contribution in [0.2, 0.25) is 0 Å². The molecule has 2 aliphatic heterocycles. The topological polar surface area (TPSA) is 44.7 Å². The molecule has 4 nitrogen and oxygen atoms in total. The molecule has 1 amide bonds. The third-order valence-electron chi connectivity index (χ3n) is 5.29. The third-order valence-corrected chi connectivity index (χ3v) is 6.43. The minimum absolute atomic E-state index is 0.0130. The number of amides is 1. The maximum atomic E-state index is 12.6. The lowest BCUT2D eigenvalue weighted by molar-refractivity contribution is 0.0949. The number of nitrogens with one attached hydrogen (secondary N) is 1. The number of likely N-dealkylation sites (tertiary alicyclic amines) is 1. The van der Waals surface area contributed by atoms with Gasteiger partial charge in [0, 0.05) is 39.7 Å². The Labute approximate surface area is 184 Å². The number of rotatable bonds is 6. The second-order valence-electron chi connectivity index (χ2n) is 7.39. The van der Waals surface area contributed by atoms with Gasteiger partial charge in [0.05, 0.1) is 5.69 Å². The van der Waals surface area contributed by atoms with E-state index >= 15 is 0 Å². The van der Waals surface area contributed by atoms with Gasteiger partial charge < -0.3 is 10.2 Å². The summed E-state index contributed by atoms with van der Waals surface area (Å²) in [7, 11) is 0. The van der Waals surface area contributed by atoms with Gasteiger partial charge in [-0.3, -0.25) is 9.79 Å². The molecule has 1 saturated heterocycles. The van der Waals surface area contributed by atoms with E-state index in [-0.39, 0.29) is 5.91 Å². The lowest BCUT2D eigenvalue weighted by Gasteiger charge is -2.15. The summed E-state index contributed by atoms with van der Waals surface area (Å²) in [4.78, 5) is 22.3. The summed E-state index contributed by atoms with van der Waals surface area (Å²) in [5.41, 5.74) is 3.90. The van der Waals surface area contributed by atoms with Crippen molar-refractivity contribution in [3.63, 3.8) is 0 Å². The quantitative estimate of drug-likeness (QED) is 0.609. The predicted octanol–water partition coefficient (Wildman–Crippen LogP) is 5.70. The van der Waals surface area contributed by atoms with Gasteiger partial charge in [0.2, 0.25) is 0 Å². The van der Waals surface area contributed by atoms with Gasteiger partial charge in [0.1, 0.15) is 0 Å². The first-order valence-corrected chi connectivity index (χ1v) is 11.6. The van der Waals surface area contributed by atoms with Crippen molar-refractivity contribution >= 4 is 29.1 Å². The smallest absolute Gasteiger partial charge is 0.251 e. The maximum absolute atomic E-state index is 12.6. The van der Waals surface area contributed by atoms with Crippen molar-refractivity contribution in [2.24, 2.45) is 4.99 Å². The number of nitrogens with zero attached hydrogens (tertiary/aromatic N) is 2. The van der Waals surface area contributed by atoms with Crippen LogP contribution in [0.25, 0.3) is 0 Å². The van der Waals surface area contributed by atoms with Crippen LogP contribution in [-0.2, 0) is 0 Å². The molecular weight excluding hydrogens is 390 g/mol. The second kappa shape index (κ2) is 11.1. The van der Waals surface area contributed by atoms with Gasteiger partial charge in [0.25, 0.3) is 5.91 Å². The van der Waals surface area contributed by atoms with E-state index in [0.717, 1.165) is 48.8 Å². The fourth-order valence-electron chi connectivity index (χ4n) is 3.81. The summed E-state index contributed by atoms with van der Waals surface area (Å²) >= 11 is 1.74. The molecule has 0 bridgehead atoms. The molecule has 4 rings (SSSR count). The average molecular weight is 422 g/mol. The van der Waals surface area contributed by atoms with E-state index < -0.39 is 0 Å². The van der Waals surface area contributed by atoms with E-state index in [1.807, 2.05) is 18.2 Å². The highest BCUT2D eigenvalue weighted by Crippen LogP contribution is 2.41. The fourth-order valence-corrected chi connectivity index (χ4v) is 4.84. The molecule has 0 saturated carbocycles. The average Bonchev–Trinajstić information content (AvgIpc) is 3.24. The van der Waals surface area contributed by atoms with Crippen molar-refractivity contribution in [2.45, 2.75) is 42.4 Å². The number of aliphatic imine (C=N–C) groups is 1. The SMILES string of the molecule is C=C.CCCC1=Nc2cc(C(=O)NCCN3CCCC3)ccc2Sc2ccccc21. The zero-order valence-electron chi connectivity index (χ0n) is 17.8. The molecule has 1 fully saturated rings. The van der Waals surface area contributed by atoms with E-state index in [9.17, 15) is 4.79 Å². The fraction of sp³-hybridized carbons (Fsp3) is 0.360. The Balaban J connectivity index is 0.00000124. The predicted molar refractivity (Wildman–Crippen MR) is 127 cm³/mol. The highest BCUT2D eigenvalue weighted by atomic mass is 32.2. The Morgan fingerprint density at radius 2 is 1.90 bits per heavy atom. The van der Waals surface area contributed by atoms with Crippen LogP contribution < -0.4 is 5.32 Å². The molecule has 0 aliphatic carbocycles. The molecule has 2 aromatic rings. The molecule has 5 heteroatoms. The number of fused-ring (bicyclic) bond motifs is 2. The number of carbonyl (C=O) groups is 1. The number of hydrogen-bond donors (Lipinski definition) is 1. The first-order valence-electron chi connectivity index (χ1n) is 10.7. The Kier molecular flexibility index (Phi) is 8.29. The van der Waals surface area contributed by atoms with Crippen molar-refractivity contribution in [1.29, 1.82) is 0 Å². The molecule has 0 radical (unpaired) electrons. The maximum Gasteiger partial charge on any atom is 0.251 e. The summed E-state index contributed by atoms with van der Waals surface area (Å²) in [6.07, 6.45) is 4.53. The van der Waals surface area contributed by atoms with Crippen LogP contribution in [0, 0.1) is 0 Å². The lowest BCUT2D eigenvalue weighted by atomic mass is 10.1. The molecule has 158 valence electrons. The van der Waals surface area contributed by atoms with Crippen LogP contribution >= 0.6 is 11.8 Å². The lowest BCUT2D eigenvalue weighted by Crippen LogP contribution is -2.33. The van der Waals surface area contributed by atoms with E-state index in [4.69, 9.17) is 4.99 Å². The summed E-state index contributed by atoms with van der Waals surface area (Å²) in [5.74, 6) is -0.0130. The normalized spacial score (nSPS) is 15.2. The summed E-state index contributed by atoms with van der Waals surface area (Å²) in [6, 6.07) is 14.3. The van der Waals surface area contributed by atoms with E-state index in [1.165, 1.54) is 23.3 Å². The van der Waals surface area contributed by atoms with Crippen LogP contribution in [0.15, 0.2) is 70.4 Å². The monoisotopic (exact) mass is 421 g/mol. The minimum atomic E-state index is -0.0130. The van der Waals surface area contributed by atoms with E-state index in [2.05, 4.69) is 54.6 Å². The van der Waals surface area contributed by atoms with Crippen LogP contribution in [0.3, 0.4) is 0 Å². The van der Waals surface area contributed by atoms with Crippen molar-refractivity contribution in [2.75, 3.05) is 26.2 Å². The van der Waals surface area contributed by atoms with E-state index in [1.54, 1.807) is 11.8 Å².